The monoisotopic (exact) mass is 286 g/mol. The molecule has 0 saturated carbocycles. The van der Waals surface area contributed by atoms with Gasteiger partial charge in [0.15, 0.2) is 5.69 Å². The Morgan fingerprint density at radius 2 is 2.05 bits per heavy atom. The minimum atomic E-state index is -0.164. The minimum absolute atomic E-state index is 0.164. The van der Waals surface area contributed by atoms with Crippen LogP contribution in [0, 0.1) is 6.92 Å². The van der Waals surface area contributed by atoms with Crippen LogP contribution in [0.2, 0.25) is 0 Å². The van der Waals surface area contributed by atoms with Gasteiger partial charge in [-0.1, -0.05) is 31.5 Å². The van der Waals surface area contributed by atoms with Crippen LogP contribution in [0.15, 0.2) is 24.3 Å². The molecule has 0 bridgehead atoms. The lowest BCUT2D eigenvalue weighted by Gasteiger charge is -2.22. The molecule has 1 amide bonds. The third-order valence-electron chi connectivity index (χ3n) is 3.55. The largest absolute Gasteiger partial charge is 0.395 e. The van der Waals surface area contributed by atoms with Gasteiger partial charge in [-0.2, -0.15) is 5.10 Å². The zero-order valence-corrected chi connectivity index (χ0v) is 12.8. The zero-order chi connectivity index (χ0) is 15.4. The van der Waals surface area contributed by atoms with Gasteiger partial charge in [-0.25, -0.2) is 0 Å². The Labute approximate surface area is 125 Å². The molecule has 0 spiro atoms. The fraction of sp³-hybridized carbons (Fsp3) is 0.375. The predicted molar refractivity (Wildman–Crippen MR) is 85.5 cm³/mol. The lowest BCUT2D eigenvalue weighted by atomic mass is 10.1. The Bertz CT molecular complexity index is 633. The summed E-state index contributed by atoms with van der Waals surface area (Å²) < 4.78 is 0. The molecule has 21 heavy (non-hydrogen) atoms. The summed E-state index contributed by atoms with van der Waals surface area (Å²) in [5.41, 5.74) is 9.61. The molecule has 0 fully saturated rings. The van der Waals surface area contributed by atoms with Gasteiger partial charge < -0.3 is 10.6 Å². The molecule has 1 aromatic heterocycles. The van der Waals surface area contributed by atoms with Crippen molar-refractivity contribution in [1.82, 2.24) is 10.2 Å². The number of benzene rings is 1. The van der Waals surface area contributed by atoms with E-state index in [4.69, 9.17) is 5.73 Å². The number of carbonyl (C=O) groups is 1. The van der Waals surface area contributed by atoms with Crippen molar-refractivity contribution in [3.63, 3.8) is 0 Å². The molecule has 112 valence electrons. The van der Waals surface area contributed by atoms with Gasteiger partial charge in [0, 0.05) is 12.2 Å². The van der Waals surface area contributed by atoms with Gasteiger partial charge in [-0.15, -0.1) is 0 Å². The van der Waals surface area contributed by atoms with Crippen molar-refractivity contribution in [2.75, 3.05) is 17.2 Å². The Hall–Kier alpha value is -2.30. The molecule has 5 nitrogen and oxygen atoms in total. The van der Waals surface area contributed by atoms with E-state index in [1.807, 2.05) is 38.1 Å². The molecule has 0 aliphatic carbocycles. The summed E-state index contributed by atoms with van der Waals surface area (Å²) in [6.45, 7) is 6.56. The summed E-state index contributed by atoms with van der Waals surface area (Å²) in [6, 6.07) is 7.81. The molecule has 0 saturated heterocycles. The smallest absolute Gasteiger partial charge is 0.280 e. The number of aromatic amines is 1. The fourth-order valence-corrected chi connectivity index (χ4v) is 2.41. The second-order valence-corrected chi connectivity index (χ2v) is 5.05. The third-order valence-corrected chi connectivity index (χ3v) is 3.55. The van der Waals surface area contributed by atoms with Crippen molar-refractivity contribution in [3.05, 3.63) is 41.2 Å². The number of carbonyl (C=O) groups excluding carboxylic acids is 1. The van der Waals surface area contributed by atoms with Crippen LogP contribution in [0.4, 0.5) is 11.4 Å². The van der Waals surface area contributed by atoms with E-state index in [0.29, 0.717) is 17.9 Å². The number of para-hydroxylation sites is 1. The minimum Gasteiger partial charge on any atom is -0.395 e. The van der Waals surface area contributed by atoms with E-state index in [-0.39, 0.29) is 5.91 Å². The van der Waals surface area contributed by atoms with Crippen LogP contribution < -0.4 is 10.6 Å². The molecule has 0 aliphatic heterocycles. The van der Waals surface area contributed by atoms with Crippen LogP contribution in [-0.2, 0) is 6.42 Å². The first-order valence-electron chi connectivity index (χ1n) is 7.30. The number of nitrogens with zero attached hydrogens (tertiary/aromatic N) is 2. The van der Waals surface area contributed by atoms with E-state index in [1.165, 1.54) is 0 Å². The lowest BCUT2D eigenvalue weighted by Crippen LogP contribution is -2.32. The predicted octanol–water partition coefficient (Wildman–Crippen LogP) is 2.92. The average Bonchev–Trinajstić information content (AvgIpc) is 2.83. The Kier molecular flexibility index (Phi) is 4.62. The van der Waals surface area contributed by atoms with Crippen molar-refractivity contribution in [2.24, 2.45) is 0 Å². The fourth-order valence-electron chi connectivity index (χ4n) is 2.41. The van der Waals surface area contributed by atoms with E-state index in [9.17, 15) is 4.79 Å². The summed E-state index contributed by atoms with van der Waals surface area (Å²) in [6.07, 6.45) is 1.75. The summed E-state index contributed by atoms with van der Waals surface area (Å²) in [4.78, 5) is 14.4. The van der Waals surface area contributed by atoms with Crippen molar-refractivity contribution in [2.45, 2.75) is 33.6 Å². The molecule has 0 unspecified atom stereocenters. The number of aromatic nitrogens is 2. The molecule has 0 atom stereocenters. The standard InChI is InChI=1S/C16H22N4O/c1-4-8-12-14(17)15(19-18-12)16(21)20(5-2)13-10-7-6-9-11(13)3/h6-7,9-10H,4-5,8,17H2,1-3H3,(H,18,19). The number of H-pyrrole nitrogens is 1. The highest BCUT2D eigenvalue weighted by molar-refractivity contribution is 6.08. The first-order chi connectivity index (χ1) is 10.1. The second-order valence-electron chi connectivity index (χ2n) is 5.05. The quantitative estimate of drug-likeness (QED) is 0.887. The topological polar surface area (TPSA) is 75.0 Å². The average molecular weight is 286 g/mol. The van der Waals surface area contributed by atoms with Crippen LogP contribution in [0.3, 0.4) is 0 Å². The van der Waals surface area contributed by atoms with Crippen molar-refractivity contribution in [3.8, 4) is 0 Å². The van der Waals surface area contributed by atoms with E-state index in [1.54, 1.807) is 4.90 Å². The maximum atomic E-state index is 12.7. The number of amides is 1. The molecular formula is C16H22N4O. The van der Waals surface area contributed by atoms with Crippen molar-refractivity contribution >= 4 is 17.3 Å². The van der Waals surface area contributed by atoms with E-state index in [0.717, 1.165) is 29.8 Å². The first-order valence-corrected chi connectivity index (χ1v) is 7.30. The van der Waals surface area contributed by atoms with Crippen LogP contribution in [0.1, 0.15) is 42.0 Å². The molecule has 5 heteroatoms. The van der Waals surface area contributed by atoms with Gasteiger partial charge in [0.05, 0.1) is 11.4 Å². The number of aryl methyl sites for hydroxylation is 2. The SMILES string of the molecule is CCCc1[nH]nc(C(=O)N(CC)c2ccccc2C)c1N. The normalized spacial score (nSPS) is 10.6. The van der Waals surface area contributed by atoms with Crippen LogP contribution in [-0.4, -0.2) is 22.6 Å². The molecule has 3 N–H and O–H groups in total. The summed E-state index contributed by atoms with van der Waals surface area (Å²) in [5, 5.41) is 7.00. The number of hydrogen-bond donors (Lipinski definition) is 2. The Balaban J connectivity index is 2.35. The maximum Gasteiger partial charge on any atom is 0.280 e. The van der Waals surface area contributed by atoms with Crippen molar-refractivity contribution in [1.29, 1.82) is 0 Å². The van der Waals surface area contributed by atoms with Gasteiger partial charge in [0.2, 0.25) is 0 Å². The number of hydrogen-bond acceptors (Lipinski definition) is 3. The van der Waals surface area contributed by atoms with Gasteiger partial charge in [0.25, 0.3) is 5.91 Å². The van der Waals surface area contributed by atoms with Crippen molar-refractivity contribution < 1.29 is 4.79 Å². The third kappa shape index (κ3) is 2.91. The summed E-state index contributed by atoms with van der Waals surface area (Å²) >= 11 is 0. The molecular weight excluding hydrogens is 264 g/mol. The van der Waals surface area contributed by atoms with Gasteiger partial charge in [-0.05, 0) is 31.9 Å². The second kappa shape index (κ2) is 6.43. The van der Waals surface area contributed by atoms with Crippen LogP contribution >= 0.6 is 0 Å². The number of nitrogens with two attached hydrogens (primary N) is 1. The highest BCUT2D eigenvalue weighted by Gasteiger charge is 2.23. The Morgan fingerprint density at radius 3 is 2.67 bits per heavy atom. The molecule has 0 aliphatic rings. The lowest BCUT2D eigenvalue weighted by molar-refractivity contribution is 0.0984. The van der Waals surface area contributed by atoms with Crippen LogP contribution in [0.5, 0.6) is 0 Å². The first kappa shape index (κ1) is 15.1. The zero-order valence-electron chi connectivity index (χ0n) is 12.8. The highest BCUT2D eigenvalue weighted by Crippen LogP contribution is 2.24. The number of nitrogen functional groups attached to an aromatic ring is 1. The Morgan fingerprint density at radius 1 is 1.33 bits per heavy atom. The van der Waals surface area contributed by atoms with Gasteiger partial charge in [-0.3, -0.25) is 9.89 Å². The van der Waals surface area contributed by atoms with Crippen LogP contribution in [0.25, 0.3) is 0 Å². The molecule has 1 heterocycles. The number of nitrogens with one attached hydrogen (secondary N) is 1. The van der Waals surface area contributed by atoms with E-state index >= 15 is 0 Å². The van der Waals surface area contributed by atoms with E-state index in [2.05, 4.69) is 17.1 Å². The highest BCUT2D eigenvalue weighted by atomic mass is 16.2. The van der Waals surface area contributed by atoms with E-state index < -0.39 is 0 Å². The van der Waals surface area contributed by atoms with Gasteiger partial charge >= 0.3 is 0 Å². The molecule has 0 radical (unpaired) electrons. The maximum absolute atomic E-state index is 12.7. The number of rotatable bonds is 5. The van der Waals surface area contributed by atoms with Gasteiger partial charge in [0.1, 0.15) is 0 Å². The molecule has 2 rings (SSSR count). The number of anilines is 2. The molecule has 1 aromatic carbocycles. The summed E-state index contributed by atoms with van der Waals surface area (Å²) in [5.74, 6) is -0.164. The molecule has 2 aromatic rings. The summed E-state index contributed by atoms with van der Waals surface area (Å²) in [7, 11) is 0.